The number of benzene rings is 2. The number of aromatic nitrogens is 2. The monoisotopic (exact) mass is 326 g/mol. The Kier molecular flexibility index (Phi) is 3.89. The highest BCUT2D eigenvalue weighted by atomic mass is 16.5. The molecule has 24 heavy (non-hydrogen) atoms. The van der Waals surface area contributed by atoms with E-state index in [0.29, 0.717) is 28.2 Å². The number of aromatic amines is 1. The molecule has 0 aliphatic carbocycles. The van der Waals surface area contributed by atoms with Gasteiger partial charge in [0.25, 0.3) is 5.56 Å². The molecule has 0 unspecified atom stereocenters. The summed E-state index contributed by atoms with van der Waals surface area (Å²) in [6, 6.07) is 6.90. The van der Waals surface area contributed by atoms with Crippen molar-refractivity contribution in [1.29, 1.82) is 0 Å². The number of nitrogens with one attached hydrogen (secondary N) is 1. The predicted molar refractivity (Wildman–Crippen MR) is 92.0 cm³/mol. The van der Waals surface area contributed by atoms with Gasteiger partial charge in [-0.2, -0.15) is 0 Å². The van der Waals surface area contributed by atoms with Gasteiger partial charge in [0.2, 0.25) is 0 Å². The van der Waals surface area contributed by atoms with Crippen LogP contribution in [0.2, 0.25) is 0 Å². The number of methoxy groups -OCH3 is 2. The molecule has 2 aromatic carbocycles. The van der Waals surface area contributed by atoms with Gasteiger partial charge in [-0.05, 0) is 37.1 Å². The Balaban J connectivity index is 2.30. The maximum absolute atomic E-state index is 12.5. The van der Waals surface area contributed by atoms with Crippen molar-refractivity contribution in [1.82, 2.24) is 9.97 Å². The number of rotatable bonds is 3. The molecule has 0 aliphatic heterocycles. The van der Waals surface area contributed by atoms with E-state index in [1.165, 1.54) is 7.11 Å². The molecule has 6 heteroatoms. The summed E-state index contributed by atoms with van der Waals surface area (Å²) in [5.74, 6) is 1.63. The van der Waals surface area contributed by atoms with Crippen molar-refractivity contribution in [2.45, 2.75) is 13.8 Å². The Labute approximate surface area is 138 Å². The molecule has 124 valence electrons. The number of aryl methyl sites for hydroxylation is 2. The van der Waals surface area contributed by atoms with Gasteiger partial charge in [-0.1, -0.05) is 0 Å². The van der Waals surface area contributed by atoms with Gasteiger partial charge in [-0.15, -0.1) is 0 Å². The minimum absolute atomic E-state index is 0.241. The first-order valence-corrected chi connectivity index (χ1v) is 7.41. The lowest BCUT2D eigenvalue weighted by molar-refractivity contribution is 0.397. The predicted octanol–water partition coefficient (Wildman–Crippen LogP) is 2.93. The van der Waals surface area contributed by atoms with Crippen LogP contribution < -0.4 is 15.0 Å². The van der Waals surface area contributed by atoms with Gasteiger partial charge < -0.3 is 19.6 Å². The van der Waals surface area contributed by atoms with Crippen LogP contribution >= 0.6 is 0 Å². The largest absolute Gasteiger partial charge is 0.507 e. The van der Waals surface area contributed by atoms with Gasteiger partial charge in [-0.3, -0.25) is 4.79 Å². The van der Waals surface area contributed by atoms with E-state index in [2.05, 4.69) is 9.97 Å². The second kappa shape index (κ2) is 5.88. The number of aromatic hydroxyl groups is 1. The average molecular weight is 326 g/mol. The first-order chi connectivity index (χ1) is 11.4. The Hall–Kier alpha value is -3.02. The van der Waals surface area contributed by atoms with Crippen LogP contribution in [-0.4, -0.2) is 29.3 Å². The quantitative estimate of drug-likeness (QED) is 0.773. The molecular weight excluding hydrogens is 308 g/mol. The van der Waals surface area contributed by atoms with Crippen LogP contribution in [0.3, 0.4) is 0 Å². The van der Waals surface area contributed by atoms with Gasteiger partial charge in [0.15, 0.2) is 0 Å². The summed E-state index contributed by atoms with van der Waals surface area (Å²) in [5.41, 5.74) is 2.35. The molecule has 0 bridgehead atoms. The fraction of sp³-hybridized carbons (Fsp3) is 0.222. The summed E-state index contributed by atoms with van der Waals surface area (Å²) < 4.78 is 10.5. The minimum atomic E-state index is -0.294. The van der Waals surface area contributed by atoms with E-state index in [4.69, 9.17) is 9.47 Å². The van der Waals surface area contributed by atoms with E-state index in [9.17, 15) is 9.90 Å². The molecule has 0 aliphatic rings. The number of nitrogens with zero attached hydrogens (tertiary/aromatic N) is 1. The summed E-state index contributed by atoms with van der Waals surface area (Å²) in [7, 11) is 3.04. The summed E-state index contributed by atoms with van der Waals surface area (Å²) >= 11 is 0. The van der Waals surface area contributed by atoms with Crippen molar-refractivity contribution in [3.05, 3.63) is 45.7 Å². The van der Waals surface area contributed by atoms with Crippen LogP contribution in [0.15, 0.2) is 29.1 Å². The van der Waals surface area contributed by atoms with Gasteiger partial charge in [0, 0.05) is 17.7 Å². The van der Waals surface area contributed by atoms with Crippen molar-refractivity contribution in [3.63, 3.8) is 0 Å². The molecule has 0 amide bonds. The lowest BCUT2D eigenvalue weighted by Gasteiger charge is -2.10. The fourth-order valence-electron chi connectivity index (χ4n) is 2.72. The standard InChI is InChI=1S/C18H18N2O4/c1-9-5-11(6-10(2)16(9)21)17-19-13-7-12(23-3)8-14(24-4)15(13)18(22)20-17/h5-8,21H,1-4H3,(H,19,20,22). The molecule has 6 nitrogen and oxygen atoms in total. The second-order valence-electron chi connectivity index (χ2n) is 5.60. The molecule has 0 saturated heterocycles. The molecule has 0 fully saturated rings. The molecule has 2 N–H and O–H groups in total. The van der Waals surface area contributed by atoms with E-state index in [0.717, 1.165) is 16.7 Å². The maximum Gasteiger partial charge on any atom is 0.262 e. The molecule has 1 aromatic heterocycles. The number of H-pyrrole nitrogens is 1. The van der Waals surface area contributed by atoms with Crippen molar-refractivity contribution in [3.8, 4) is 28.6 Å². The maximum atomic E-state index is 12.5. The van der Waals surface area contributed by atoms with E-state index in [1.807, 2.05) is 0 Å². The highest BCUT2D eigenvalue weighted by Gasteiger charge is 2.14. The highest BCUT2D eigenvalue weighted by Crippen LogP contribution is 2.30. The number of phenols is 1. The zero-order valence-corrected chi connectivity index (χ0v) is 13.9. The molecule has 0 atom stereocenters. The molecular formula is C18H18N2O4. The zero-order chi connectivity index (χ0) is 17.4. The Bertz CT molecular complexity index is 969. The summed E-state index contributed by atoms with van der Waals surface area (Å²) in [6.45, 7) is 3.61. The molecule has 0 spiro atoms. The minimum Gasteiger partial charge on any atom is -0.507 e. The van der Waals surface area contributed by atoms with E-state index in [1.54, 1.807) is 45.2 Å². The molecule has 0 radical (unpaired) electrons. The molecule has 3 aromatic rings. The molecule has 1 heterocycles. The third kappa shape index (κ3) is 2.56. The number of hydrogen-bond acceptors (Lipinski definition) is 5. The Morgan fingerprint density at radius 1 is 1.04 bits per heavy atom. The van der Waals surface area contributed by atoms with Crippen LogP contribution in [0.1, 0.15) is 11.1 Å². The van der Waals surface area contributed by atoms with Crippen LogP contribution in [-0.2, 0) is 0 Å². The Morgan fingerprint density at radius 3 is 2.29 bits per heavy atom. The lowest BCUT2D eigenvalue weighted by atomic mass is 10.0. The second-order valence-corrected chi connectivity index (χ2v) is 5.60. The topological polar surface area (TPSA) is 84.4 Å². The Morgan fingerprint density at radius 2 is 1.71 bits per heavy atom. The van der Waals surface area contributed by atoms with Crippen LogP contribution in [0.4, 0.5) is 0 Å². The van der Waals surface area contributed by atoms with Gasteiger partial charge in [0.1, 0.15) is 28.5 Å². The van der Waals surface area contributed by atoms with E-state index in [-0.39, 0.29) is 11.3 Å². The summed E-state index contributed by atoms with van der Waals surface area (Å²) in [5, 5.41) is 10.3. The van der Waals surface area contributed by atoms with Gasteiger partial charge >= 0.3 is 0 Å². The average Bonchev–Trinajstić information content (AvgIpc) is 2.57. The number of phenolic OH excluding ortho intramolecular Hbond substituents is 1. The smallest absolute Gasteiger partial charge is 0.262 e. The van der Waals surface area contributed by atoms with E-state index < -0.39 is 0 Å². The molecule has 0 saturated carbocycles. The van der Waals surface area contributed by atoms with Crippen molar-refractivity contribution in [2.24, 2.45) is 0 Å². The third-order valence-corrected chi connectivity index (χ3v) is 3.97. The fourth-order valence-corrected chi connectivity index (χ4v) is 2.72. The highest BCUT2D eigenvalue weighted by molar-refractivity contribution is 5.87. The van der Waals surface area contributed by atoms with Gasteiger partial charge in [0.05, 0.1) is 19.7 Å². The lowest BCUT2D eigenvalue weighted by Crippen LogP contribution is -2.11. The normalized spacial score (nSPS) is 10.8. The summed E-state index contributed by atoms with van der Waals surface area (Å²) in [4.78, 5) is 19.8. The SMILES string of the molecule is COc1cc(OC)c2c(=O)[nH]c(-c3cc(C)c(O)c(C)c3)nc2c1. The van der Waals surface area contributed by atoms with Crippen LogP contribution in [0, 0.1) is 13.8 Å². The zero-order valence-electron chi connectivity index (χ0n) is 13.9. The van der Waals surface area contributed by atoms with Crippen molar-refractivity contribution in [2.75, 3.05) is 14.2 Å². The van der Waals surface area contributed by atoms with Gasteiger partial charge in [-0.25, -0.2) is 4.98 Å². The van der Waals surface area contributed by atoms with Crippen LogP contribution in [0.25, 0.3) is 22.3 Å². The van der Waals surface area contributed by atoms with E-state index >= 15 is 0 Å². The third-order valence-electron chi connectivity index (χ3n) is 3.97. The molecule has 3 rings (SSSR count). The van der Waals surface area contributed by atoms with Crippen molar-refractivity contribution >= 4 is 10.9 Å². The number of hydrogen-bond donors (Lipinski definition) is 2. The number of fused-ring (bicyclic) bond motifs is 1. The summed E-state index contributed by atoms with van der Waals surface area (Å²) in [6.07, 6.45) is 0. The van der Waals surface area contributed by atoms with Crippen molar-refractivity contribution < 1.29 is 14.6 Å². The first-order valence-electron chi connectivity index (χ1n) is 7.41. The van der Waals surface area contributed by atoms with Crippen LogP contribution in [0.5, 0.6) is 17.2 Å². The number of ether oxygens (including phenoxy) is 2. The first kappa shape index (κ1) is 15.9.